The number of aliphatic hydroxyl groups excluding tert-OH is 2. The quantitative estimate of drug-likeness (QED) is 0.291. The third-order valence-electron chi connectivity index (χ3n) is 8.57. The Labute approximate surface area is 246 Å². The summed E-state index contributed by atoms with van der Waals surface area (Å²) in [6.07, 6.45) is -0.477. The van der Waals surface area contributed by atoms with E-state index in [1.165, 1.54) is 50.3 Å². The van der Waals surface area contributed by atoms with Crippen molar-refractivity contribution in [2.24, 2.45) is 17.6 Å². The maximum Gasteiger partial charge on any atom is 0.255 e. The number of aliphatic hydroxyl groups is 3. The van der Waals surface area contributed by atoms with Crippen LogP contribution in [0.2, 0.25) is 0 Å². The Morgan fingerprint density at radius 1 is 1.12 bits per heavy atom. The standard InChI is InChI=1S/C29H30FN3O9S/c1-32(2)23-17-10-13-9-16-20(24(35)19(13)26(37)29(17,40)27(38)21(25(23)36)28(31)39)18(34)11-14(22(16)30)12-33(3)43(41,42)15-7-5-4-6-8-15/h4-8,11,13,17,23,34-35,38,40H,9-10,12H2,1-3H3,(H2,31,39)/t13-,17-,23-,29-/m0/s1. The highest BCUT2D eigenvalue weighted by Crippen LogP contribution is 2.53. The van der Waals surface area contributed by atoms with Crippen molar-refractivity contribution < 1.29 is 47.6 Å². The van der Waals surface area contributed by atoms with Crippen molar-refractivity contribution in [2.45, 2.75) is 35.9 Å². The topological polar surface area (TPSA) is 199 Å². The summed E-state index contributed by atoms with van der Waals surface area (Å²) < 4.78 is 43.0. The summed E-state index contributed by atoms with van der Waals surface area (Å²) in [4.78, 5) is 40.5. The number of Topliss-reactive ketones (excluding diaryl/α,β-unsaturated/α-hetero) is 2. The molecule has 228 valence electrons. The molecule has 43 heavy (non-hydrogen) atoms. The molecule has 0 aliphatic heterocycles. The van der Waals surface area contributed by atoms with Crippen molar-refractivity contribution in [3.8, 4) is 5.75 Å². The van der Waals surface area contributed by atoms with Crippen LogP contribution in [-0.2, 0) is 37.4 Å². The van der Waals surface area contributed by atoms with Crippen molar-refractivity contribution in [2.75, 3.05) is 21.1 Å². The van der Waals surface area contributed by atoms with Gasteiger partial charge in [-0.3, -0.25) is 19.3 Å². The molecule has 0 unspecified atom stereocenters. The van der Waals surface area contributed by atoms with Crippen LogP contribution >= 0.6 is 0 Å². The molecule has 0 bridgehead atoms. The van der Waals surface area contributed by atoms with Gasteiger partial charge in [-0.15, -0.1) is 0 Å². The lowest BCUT2D eigenvalue weighted by molar-refractivity contribution is -0.153. The van der Waals surface area contributed by atoms with Crippen molar-refractivity contribution >= 4 is 33.3 Å². The molecule has 2 aromatic carbocycles. The van der Waals surface area contributed by atoms with Crippen LogP contribution in [-0.4, -0.2) is 88.3 Å². The Morgan fingerprint density at radius 2 is 1.74 bits per heavy atom. The average molecular weight is 616 g/mol. The van der Waals surface area contributed by atoms with Gasteiger partial charge in [-0.2, -0.15) is 4.31 Å². The maximum absolute atomic E-state index is 16.0. The fraction of sp³-hybridized carbons (Fsp3) is 0.345. The van der Waals surface area contributed by atoms with Crippen LogP contribution in [0.1, 0.15) is 23.1 Å². The SMILES string of the molecule is CN(C)[C@@H]1C(=O)C(C(N)=O)=C(O)[C@@]2(O)C(=O)C3=C(O)c4c(O)cc(CN(C)S(=O)(=O)c5ccccc5)c(F)c4C[C@H]3C[C@@H]12. The number of hydrogen-bond acceptors (Lipinski definition) is 10. The molecule has 6 N–H and O–H groups in total. The van der Waals surface area contributed by atoms with Gasteiger partial charge in [0.25, 0.3) is 5.91 Å². The highest BCUT2D eigenvalue weighted by Gasteiger charge is 2.64. The number of aromatic hydroxyl groups is 1. The summed E-state index contributed by atoms with van der Waals surface area (Å²) in [5.74, 6) is -9.39. The second-order valence-corrected chi connectivity index (χ2v) is 13.3. The normalized spacial score (nSPS) is 25.6. The first-order chi connectivity index (χ1) is 20.0. The van der Waals surface area contributed by atoms with E-state index >= 15 is 4.39 Å². The van der Waals surface area contributed by atoms with Gasteiger partial charge in [-0.05, 0) is 51.1 Å². The monoisotopic (exact) mass is 615 g/mol. The fourth-order valence-corrected chi connectivity index (χ4v) is 7.73. The van der Waals surface area contributed by atoms with Crippen LogP contribution in [0.5, 0.6) is 5.75 Å². The molecule has 0 radical (unpaired) electrons. The minimum Gasteiger partial charge on any atom is -0.508 e. The average Bonchev–Trinajstić information content (AvgIpc) is 2.93. The third-order valence-corrected chi connectivity index (χ3v) is 10.4. The van der Waals surface area contributed by atoms with Crippen molar-refractivity contribution in [1.29, 1.82) is 0 Å². The van der Waals surface area contributed by atoms with Crippen LogP contribution < -0.4 is 5.73 Å². The Morgan fingerprint density at radius 3 is 2.33 bits per heavy atom. The molecule has 12 nitrogen and oxygen atoms in total. The Bertz CT molecular complexity index is 1750. The van der Waals surface area contributed by atoms with Crippen LogP contribution in [0, 0.1) is 17.7 Å². The summed E-state index contributed by atoms with van der Waals surface area (Å²) >= 11 is 0. The number of primary amides is 1. The molecule has 14 heteroatoms. The molecule has 3 aliphatic rings. The third kappa shape index (κ3) is 4.35. The molecule has 0 spiro atoms. The summed E-state index contributed by atoms with van der Waals surface area (Å²) in [6.45, 7) is -0.473. The minimum absolute atomic E-state index is 0.0206. The zero-order valence-corrected chi connectivity index (χ0v) is 24.2. The molecule has 0 aromatic heterocycles. The zero-order valence-electron chi connectivity index (χ0n) is 23.4. The smallest absolute Gasteiger partial charge is 0.255 e. The van der Waals surface area contributed by atoms with Gasteiger partial charge in [-0.25, -0.2) is 12.8 Å². The number of phenols is 1. The van der Waals surface area contributed by atoms with Gasteiger partial charge in [-0.1, -0.05) is 18.2 Å². The van der Waals surface area contributed by atoms with Crippen LogP contribution in [0.3, 0.4) is 0 Å². The molecular weight excluding hydrogens is 585 g/mol. The largest absolute Gasteiger partial charge is 0.508 e. The maximum atomic E-state index is 16.0. The predicted octanol–water partition coefficient (Wildman–Crippen LogP) is 0.924. The van der Waals surface area contributed by atoms with Gasteiger partial charge in [0.2, 0.25) is 15.8 Å². The summed E-state index contributed by atoms with van der Waals surface area (Å²) in [5, 5.41) is 44.6. The van der Waals surface area contributed by atoms with Crippen molar-refractivity contribution in [1.82, 2.24) is 9.21 Å². The van der Waals surface area contributed by atoms with Gasteiger partial charge in [0.15, 0.2) is 11.4 Å². The van der Waals surface area contributed by atoms with E-state index in [9.17, 15) is 43.2 Å². The number of rotatable bonds is 6. The molecule has 1 saturated carbocycles. The molecule has 1 amide bonds. The van der Waals surface area contributed by atoms with Gasteiger partial charge in [0.05, 0.1) is 16.5 Å². The predicted molar refractivity (Wildman–Crippen MR) is 149 cm³/mol. The van der Waals surface area contributed by atoms with E-state index < -0.39 is 97.3 Å². The number of likely N-dealkylation sites (N-methyl/N-ethyl adjacent to an activating group) is 1. The Balaban J connectivity index is 1.61. The van der Waals surface area contributed by atoms with Gasteiger partial charge in [0.1, 0.15) is 28.7 Å². The second kappa shape index (κ2) is 10.3. The number of ketones is 2. The number of sulfonamides is 1. The number of carbonyl (C=O) groups is 3. The number of amides is 1. The van der Waals surface area contributed by atoms with E-state index in [-0.39, 0.29) is 28.9 Å². The number of fused-ring (bicyclic) bond motifs is 3. The van der Waals surface area contributed by atoms with E-state index in [2.05, 4.69) is 0 Å². The van der Waals surface area contributed by atoms with Crippen LogP contribution in [0.15, 0.2) is 58.2 Å². The summed E-state index contributed by atoms with van der Waals surface area (Å²) in [6, 6.07) is 7.15. The number of carbonyl (C=O) groups excluding carboxylic acids is 3. The summed E-state index contributed by atoms with van der Waals surface area (Å²) in [7, 11) is 0.161. The van der Waals surface area contributed by atoms with Gasteiger partial charge < -0.3 is 26.2 Å². The number of halogens is 1. The van der Waals surface area contributed by atoms with Crippen molar-refractivity contribution in [3.63, 3.8) is 0 Å². The molecule has 4 atom stereocenters. The molecular formula is C29H30FN3O9S. The number of benzene rings is 2. The lowest BCUT2D eigenvalue weighted by Gasteiger charge is -2.50. The molecule has 0 heterocycles. The number of phenolic OH excluding ortho intramolecular Hbond substituents is 1. The molecule has 5 rings (SSSR count). The minimum atomic E-state index is -4.02. The zero-order chi connectivity index (χ0) is 31.8. The molecule has 1 fully saturated rings. The van der Waals surface area contributed by atoms with E-state index in [1.807, 2.05) is 0 Å². The highest BCUT2D eigenvalue weighted by atomic mass is 32.2. The Kier molecular flexibility index (Phi) is 7.24. The first-order valence-electron chi connectivity index (χ1n) is 13.2. The second-order valence-electron chi connectivity index (χ2n) is 11.3. The van der Waals surface area contributed by atoms with Crippen LogP contribution in [0.4, 0.5) is 4.39 Å². The fourth-order valence-electron chi connectivity index (χ4n) is 6.56. The van der Waals surface area contributed by atoms with Gasteiger partial charge >= 0.3 is 0 Å². The van der Waals surface area contributed by atoms with Crippen LogP contribution in [0.25, 0.3) is 5.76 Å². The number of nitrogens with zero attached hydrogens (tertiary/aromatic N) is 2. The molecule has 3 aliphatic carbocycles. The lowest BCUT2D eigenvalue weighted by atomic mass is 9.57. The molecule has 2 aromatic rings. The first-order valence-corrected chi connectivity index (χ1v) is 14.7. The Hall–Kier alpha value is -4.11. The van der Waals surface area contributed by atoms with E-state index in [4.69, 9.17) is 5.73 Å². The first kappa shape index (κ1) is 30.4. The lowest BCUT2D eigenvalue weighted by Crippen LogP contribution is -2.65. The van der Waals surface area contributed by atoms with Gasteiger partial charge in [0, 0.05) is 36.2 Å². The highest BCUT2D eigenvalue weighted by molar-refractivity contribution is 7.89. The van der Waals surface area contributed by atoms with E-state index in [0.717, 1.165) is 10.4 Å². The molecule has 0 saturated heterocycles. The number of nitrogens with two attached hydrogens (primary N) is 1. The van der Waals surface area contributed by atoms with E-state index in [0.29, 0.717) is 0 Å². The number of hydrogen-bond donors (Lipinski definition) is 5. The summed E-state index contributed by atoms with van der Waals surface area (Å²) in [5.41, 5.74) is 0.333. The van der Waals surface area contributed by atoms with Crippen molar-refractivity contribution in [3.05, 3.63) is 75.8 Å². The van der Waals surface area contributed by atoms with E-state index in [1.54, 1.807) is 6.07 Å².